The van der Waals surface area contributed by atoms with Crippen LogP contribution < -0.4 is 5.73 Å². The molecule has 2 unspecified atom stereocenters. The van der Waals surface area contributed by atoms with Crippen LogP contribution in [0.25, 0.3) is 0 Å². The second-order valence-electron chi connectivity index (χ2n) is 8.28. The molecular weight excluding hydrogens is 220 g/mol. The summed E-state index contributed by atoms with van der Waals surface area (Å²) in [4.78, 5) is 2.58. The van der Waals surface area contributed by atoms with Gasteiger partial charge in [-0.25, -0.2) is 0 Å². The number of hydrogen-bond donors (Lipinski definition) is 1. The summed E-state index contributed by atoms with van der Waals surface area (Å²) in [7, 11) is 2.28. The minimum atomic E-state index is 0.203. The Kier molecular flexibility index (Phi) is 4.55. The van der Waals surface area contributed by atoms with E-state index in [0.29, 0.717) is 16.9 Å². The molecule has 0 spiro atoms. The molecule has 0 aromatic rings. The van der Waals surface area contributed by atoms with Crippen LogP contribution in [0.1, 0.15) is 67.2 Å². The van der Waals surface area contributed by atoms with Crippen molar-refractivity contribution in [3.8, 4) is 0 Å². The van der Waals surface area contributed by atoms with E-state index in [1.54, 1.807) is 0 Å². The van der Waals surface area contributed by atoms with Crippen molar-refractivity contribution < 1.29 is 0 Å². The molecule has 0 heterocycles. The van der Waals surface area contributed by atoms with Gasteiger partial charge in [0, 0.05) is 18.1 Å². The van der Waals surface area contributed by atoms with Gasteiger partial charge in [0.15, 0.2) is 0 Å². The molecule has 108 valence electrons. The maximum atomic E-state index is 6.20. The SMILES string of the molecule is CC(N(C)C1(CN)CCCC(C)(C)C1)C(C)(C)C. The quantitative estimate of drug-likeness (QED) is 0.833. The lowest BCUT2D eigenvalue weighted by molar-refractivity contribution is -0.0243. The molecule has 0 amide bonds. The lowest BCUT2D eigenvalue weighted by Gasteiger charge is -2.53. The number of nitrogens with two attached hydrogens (primary N) is 1. The number of rotatable bonds is 3. The van der Waals surface area contributed by atoms with Gasteiger partial charge in [-0.3, -0.25) is 4.90 Å². The van der Waals surface area contributed by atoms with Gasteiger partial charge in [-0.1, -0.05) is 41.0 Å². The average molecular weight is 254 g/mol. The Morgan fingerprint density at radius 1 is 1.22 bits per heavy atom. The predicted octanol–water partition coefficient (Wildman–Crippen LogP) is 3.65. The lowest BCUT2D eigenvalue weighted by atomic mass is 9.66. The summed E-state index contributed by atoms with van der Waals surface area (Å²) in [6.45, 7) is 14.9. The second-order valence-corrected chi connectivity index (χ2v) is 8.28. The molecule has 1 fully saturated rings. The molecule has 1 rings (SSSR count). The number of hydrogen-bond acceptors (Lipinski definition) is 2. The van der Waals surface area contributed by atoms with Gasteiger partial charge < -0.3 is 5.73 Å². The largest absolute Gasteiger partial charge is 0.329 e. The van der Waals surface area contributed by atoms with Gasteiger partial charge in [-0.05, 0) is 44.1 Å². The third kappa shape index (κ3) is 3.27. The molecule has 0 bridgehead atoms. The zero-order chi connectivity index (χ0) is 14.2. The minimum absolute atomic E-state index is 0.203. The van der Waals surface area contributed by atoms with E-state index in [4.69, 9.17) is 5.73 Å². The topological polar surface area (TPSA) is 29.3 Å². The average Bonchev–Trinajstić information content (AvgIpc) is 2.24. The summed E-state index contributed by atoms with van der Waals surface area (Å²) in [5.41, 5.74) is 7.14. The van der Waals surface area contributed by atoms with Crippen molar-refractivity contribution in [2.45, 2.75) is 78.8 Å². The normalized spacial score (nSPS) is 30.5. The highest BCUT2D eigenvalue weighted by molar-refractivity contribution is 5.01. The zero-order valence-corrected chi connectivity index (χ0v) is 13.6. The molecule has 0 aromatic heterocycles. The van der Waals surface area contributed by atoms with Gasteiger partial charge in [-0.15, -0.1) is 0 Å². The van der Waals surface area contributed by atoms with Gasteiger partial charge in [-0.2, -0.15) is 0 Å². The maximum absolute atomic E-state index is 6.20. The highest BCUT2D eigenvalue weighted by Gasteiger charge is 2.44. The van der Waals surface area contributed by atoms with Crippen molar-refractivity contribution in [1.29, 1.82) is 0 Å². The van der Waals surface area contributed by atoms with Crippen molar-refractivity contribution >= 4 is 0 Å². The van der Waals surface area contributed by atoms with E-state index in [1.165, 1.54) is 25.7 Å². The van der Waals surface area contributed by atoms with Crippen molar-refractivity contribution in [3.05, 3.63) is 0 Å². The molecule has 18 heavy (non-hydrogen) atoms. The van der Waals surface area contributed by atoms with E-state index in [1.807, 2.05) is 0 Å². The molecule has 1 aliphatic carbocycles. The third-order valence-corrected chi connectivity index (χ3v) is 5.27. The molecule has 0 aliphatic heterocycles. The summed E-state index contributed by atoms with van der Waals surface area (Å²) in [6, 6.07) is 0.551. The first kappa shape index (κ1) is 16.0. The van der Waals surface area contributed by atoms with Gasteiger partial charge in [0.25, 0.3) is 0 Å². The fraction of sp³-hybridized carbons (Fsp3) is 1.00. The highest BCUT2D eigenvalue weighted by Crippen LogP contribution is 2.45. The number of nitrogens with zero attached hydrogens (tertiary/aromatic N) is 1. The summed E-state index contributed by atoms with van der Waals surface area (Å²) in [6.07, 6.45) is 5.13. The fourth-order valence-corrected chi connectivity index (χ4v) is 3.57. The number of likely N-dealkylation sites (N-methyl/N-ethyl adjacent to an activating group) is 1. The van der Waals surface area contributed by atoms with Crippen LogP contribution in [0, 0.1) is 10.8 Å². The molecular formula is C16H34N2. The highest BCUT2D eigenvalue weighted by atomic mass is 15.2. The Morgan fingerprint density at radius 3 is 2.17 bits per heavy atom. The van der Waals surface area contributed by atoms with Crippen LogP contribution in [0.4, 0.5) is 0 Å². The van der Waals surface area contributed by atoms with Crippen LogP contribution in [-0.4, -0.2) is 30.1 Å². The Balaban J connectivity index is 2.94. The van der Waals surface area contributed by atoms with Gasteiger partial charge in [0.1, 0.15) is 0 Å². The maximum Gasteiger partial charge on any atom is 0.0336 e. The molecule has 2 nitrogen and oxygen atoms in total. The Morgan fingerprint density at radius 2 is 1.78 bits per heavy atom. The summed E-state index contributed by atoms with van der Waals surface area (Å²) in [5, 5.41) is 0. The van der Waals surface area contributed by atoms with Crippen molar-refractivity contribution in [3.63, 3.8) is 0 Å². The zero-order valence-electron chi connectivity index (χ0n) is 13.6. The van der Waals surface area contributed by atoms with Crippen LogP contribution in [0.15, 0.2) is 0 Å². The van der Waals surface area contributed by atoms with Crippen LogP contribution in [-0.2, 0) is 0 Å². The van der Waals surface area contributed by atoms with E-state index >= 15 is 0 Å². The van der Waals surface area contributed by atoms with Gasteiger partial charge in [0.2, 0.25) is 0 Å². The summed E-state index contributed by atoms with van der Waals surface area (Å²) >= 11 is 0. The van der Waals surface area contributed by atoms with Crippen molar-refractivity contribution in [1.82, 2.24) is 4.90 Å². The van der Waals surface area contributed by atoms with Crippen molar-refractivity contribution in [2.75, 3.05) is 13.6 Å². The van der Waals surface area contributed by atoms with E-state index < -0.39 is 0 Å². The predicted molar refractivity (Wildman–Crippen MR) is 80.7 cm³/mol. The Bertz CT molecular complexity index is 277. The minimum Gasteiger partial charge on any atom is -0.329 e. The van der Waals surface area contributed by atoms with Crippen LogP contribution in [0.2, 0.25) is 0 Å². The lowest BCUT2D eigenvalue weighted by Crippen LogP contribution is -2.60. The molecule has 0 radical (unpaired) electrons. The standard InChI is InChI=1S/C16H34N2/c1-13(14(2,3)4)18(7)16(12-17)10-8-9-15(5,6)11-16/h13H,8-12,17H2,1-7H3. The smallest absolute Gasteiger partial charge is 0.0336 e. The molecule has 2 heteroatoms. The Labute approximate surface area is 114 Å². The third-order valence-electron chi connectivity index (χ3n) is 5.27. The van der Waals surface area contributed by atoms with Crippen LogP contribution >= 0.6 is 0 Å². The molecule has 2 atom stereocenters. The molecule has 2 N–H and O–H groups in total. The first-order chi connectivity index (χ1) is 8.04. The van der Waals surface area contributed by atoms with Gasteiger partial charge in [0.05, 0.1) is 0 Å². The first-order valence-electron chi connectivity index (χ1n) is 7.47. The summed E-state index contributed by atoms with van der Waals surface area (Å²) in [5.74, 6) is 0. The van der Waals surface area contributed by atoms with Gasteiger partial charge >= 0.3 is 0 Å². The van der Waals surface area contributed by atoms with Crippen molar-refractivity contribution in [2.24, 2.45) is 16.6 Å². The van der Waals surface area contributed by atoms with E-state index in [9.17, 15) is 0 Å². The van der Waals surface area contributed by atoms with E-state index in [0.717, 1.165) is 6.54 Å². The monoisotopic (exact) mass is 254 g/mol. The van der Waals surface area contributed by atoms with E-state index in [-0.39, 0.29) is 5.54 Å². The first-order valence-corrected chi connectivity index (χ1v) is 7.47. The second kappa shape index (κ2) is 5.13. The molecule has 0 aromatic carbocycles. The Hall–Kier alpha value is -0.0800. The van der Waals surface area contributed by atoms with E-state index in [2.05, 4.69) is 53.5 Å². The van der Waals surface area contributed by atoms with Crippen LogP contribution in [0.3, 0.4) is 0 Å². The fourth-order valence-electron chi connectivity index (χ4n) is 3.57. The molecule has 0 saturated heterocycles. The molecule has 1 saturated carbocycles. The summed E-state index contributed by atoms with van der Waals surface area (Å²) < 4.78 is 0. The van der Waals surface area contributed by atoms with Crippen LogP contribution in [0.5, 0.6) is 0 Å². The molecule has 1 aliphatic rings.